The minimum atomic E-state index is -0.588. The van der Waals surface area contributed by atoms with Crippen LogP contribution in [-0.4, -0.2) is 88.5 Å². The first-order valence-corrected chi connectivity index (χ1v) is 13.2. The summed E-state index contributed by atoms with van der Waals surface area (Å²) in [5.74, 6) is -0.114. The summed E-state index contributed by atoms with van der Waals surface area (Å²) < 4.78 is 14.8. The Balaban J connectivity index is 0.00000220. The maximum atomic E-state index is 13.4. The van der Waals surface area contributed by atoms with Crippen LogP contribution >= 0.6 is 24.8 Å². The third-order valence-electron chi connectivity index (χ3n) is 7.40. The summed E-state index contributed by atoms with van der Waals surface area (Å²) in [7, 11) is 2.05. The summed E-state index contributed by atoms with van der Waals surface area (Å²) in [5.41, 5.74) is 2.44. The molecule has 2 N–H and O–H groups in total. The Labute approximate surface area is 246 Å². The SMILES string of the molecule is CN1CCN(C(=O)[C@H](CCCN[C@@H]2C[C@H]2c2ccc(F)cc2)NC(=O)c2ccc(-n3ccnn3)cc2)CC1.Cl.Cl. The van der Waals surface area contributed by atoms with Crippen molar-refractivity contribution < 1.29 is 14.0 Å². The standard InChI is InChI=1S/C28H34FN7O2.2ClH/c1-34-15-17-35(18-16-34)28(38)25(3-2-12-30-26-19-24(26)20-4-8-22(29)9-5-20)32-27(37)21-6-10-23(11-7-21)36-14-13-31-33-36;;/h4-11,13-14,24-26,30H,2-3,12,15-19H2,1H3,(H,32,37);2*1H/t24-,25-,26+;;/m0../s1. The van der Waals surface area contributed by atoms with Gasteiger partial charge in [-0.1, -0.05) is 17.3 Å². The highest BCUT2D eigenvalue weighted by Crippen LogP contribution is 2.40. The Morgan fingerprint density at radius 2 is 1.73 bits per heavy atom. The molecule has 1 aliphatic heterocycles. The summed E-state index contributed by atoms with van der Waals surface area (Å²) in [5, 5.41) is 14.3. The van der Waals surface area contributed by atoms with Gasteiger partial charge in [0.05, 0.1) is 18.1 Å². The predicted molar refractivity (Wildman–Crippen MR) is 156 cm³/mol. The monoisotopic (exact) mass is 591 g/mol. The van der Waals surface area contributed by atoms with E-state index in [0.717, 1.165) is 43.7 Å². The predicted octanol–water partition coefficient (Wildman–Crippen LogP) is 3.05. The molecule has 40 heavy (non-hydrogen) atoms. The number of rotatable bonds is 10. The zero-order valence-corrected chi connectivity index (χ0v) is 24.0. The number of hydrogen-bond donors (Lipinski definition) is 2. The molecule has 1 aliphatic carbocycles. The van der Waals surface area contributed by atoms with Crippen LogP contribution in [-0.2, 0) is 4.79 Å². The molecule has 0 spiro atoms. The van der Waals surface area contributed by atoms with Gasteiger partial charge in [-0.3, -0.25) is 9.59 Å². The average molecular weight is 593 g/mol. The molecule has 2 heterocycles. The van der Waals surface area contributed by atoms with Gasteiger partial charge in [-0.25, -0.2) is 9.07 Å². The van der Waals surface area contributed by atoms with E-state index < -0.39 is 6.04 Å². The van der Waals surface area contributed by atoms with Crippen molar-refractivity contribution in [3.05, 3.63) is 77.9 Å². The van der Waals surface area contributed by atoms with E-state index in [9.17, 15) is 14.0 Å². The molecule has 2 aliphatic rings. The molecule has 12 heteroatoms. The van der Waals surface area contributed by atoms with Crippen LogP contribution in [0.1, 0.15) is 41.1 Å². The molecule has 2 amide bonds. The summed E-state index contributed by atoms with van der Waals surface area (Å²) in [6.45, 7) is 3.72. The van der Waals surface area contributed by atoms with Gasteiger partial charge in [-0.2, -0.15) is 0 Å². The maximum Gasteiger partial charge on any atom is 0.251 e. The van der Waals surface area contributed by atoms with E-state index in [1.807, 2.05) is 24.1 Å². The smallest absolute Gasteiger partial charge is 0.251 e. The fraction of sp³-hybridized carbons (Fsp3) is 0.429. The van der Waals surface area contributed by atoms with E-state index in [4.69, 9.17) is 0 Å². The molecule has 0 bridgehead atoms. The summed E-state index contributed by atoms with van der Waals surface area (Å²) in [6, 6.07) is 13.5. The van der Waals surface area contributed by atoms with Crippen LogP contribution in [0.5, 0.6) is 0 Å². The highest BCUT2D eigenvalue weighted by molar-refractivity contribution is 5.97. The van der Waals surface area contributed by atoms with Crippen molar-refractivity contribution in [2.24, 2.45) is 0 Å². The molecule has 3 atom stereocenters. The van der Waals surface area contributed by atoms with Crippen molar-refractivity contribution in [1.29, 1.82) is 0 Å². The first-order valence-electron chi connectivity index (χ1n) is 13.2. The fourth-order valence-electron chi connectivity index (χ4n) is 4.95. The first kappa shape index (κ1) is 31.5. The number of benzene rings is 2. The molecule has 0 radical (unpaired) electrons. The number of nitrogens with zero attached hydrogens (tertiary/aromatic N) is 5. The fourth-order valence-corrected chi connectivity index (χ4v) is 4.95. The minimum absolute atomic E-state index is 0. The van der Waals surface area contributed by atoms with Crippen LogP contribution < -0.4 is 10.6 Å². The Bertz CT molecular complexity index is 1220. The third-order valence-corrected chi connectivity index (χ3v) is 7.40. The van der Waals surface area contributed by atoms with Crippen LogP contribution in [0, 0.1) is 5.82 Å². The van der Waals surface area contributed by atoms with Gasteiger partial charge in [0, 0.05) is 43.7 Å². The van der Waals surface area contributed by atoms with Gasteiger partial charge in [0.15, 0.2) is 0 Å². The average Bonchev–Trinajstić information content (AvgIpc) is 3.49. The van der Waals surface area contributed by atoms with Gasteiger partial charge >= 0.3 is 0 Å². The number of aromatic nitrogens is 3. The quantitative estimate of drug-likeness (QED) is 0.352. The van der Waals surface area contributed by atoms with Gasteiger partial charge in [-0.05, 0) is 74.8 Å². The molecule has 1 saturated carbocycles. The largest absolute Gasteiger partial charge is 0.340 e. The van der Waals surface area contributed by atoms with Crippen molar-refractivity contribution in [2.75, 3.05) is 39.8 Å². The zero-order valence-electron chi connectivity index (χ0n) is 22.4. The number of likely N-dealkylation sites (N-methyl/N-ethyl adjacent to an activating group) is 1. The summed E-state index contributed by atoms with van der Waals surface area (Å²) >= 11 is 0. The minimum Gasteiger partial charge on any atom is -0.340 e. The highest BCUT2D eigenvalue weighted by Gasteiger charge is 2.37. The van der Waals surface area contributed by atoms with Gasteiger partial charge in [0.25, 0.3) is 5.91 Å². The van der Waals surface area contributed by atoms with E-state index in [2.05, 4.69) is 25.8 Å². The zero-order chi connectivity index (χ0) is 26.5. The Morgan fingerprint density at radius 1 is 1.02 bits per heavy atom. The van der Waals surface area contributed by atoms with Crippen LogP contribution in [0.25, 0.3) is 5.69 Å². The van der Waals surface area contributed by atoms with Crippen LogP contribution in [0.4, 0.5) is 4.39 Å². The van der Waals surface area contributed by atoms with Gasteiger partial charge in [0.1, 0.15) is 11.9 Å². The lowest BCUT2D eigenvalue weighted by atomic mass is 10.1. The number of halogens is 3. The van der Waals surface area contributed by atoms with Crippen molar-refractivity contribution >= 4 is 36.6 Å². The van der Waals surface area contributed by atoms with E-state index in [0.29, 0.717) is 37.0 Å². The third kappa shape index (κ3) is 8.00. The second-order valence-electron chi connectivity index (χ2n) is 10.1. The van der Waals surface area contributed by atoms with E-state index in [1.54, 1.807) is 41.3 Å². The lowest BCUT2D eigenvalue weighted by molar-refractivity contribution is -0.135. The number of carbonyl (C=O) groups excluding carboxylic acids is 2. The normalized spacial score (nSPS) is 19.2. The number of piperazine rings is 1. The molecule has 2 aromatic carbocycles. The number of nitrogens with one attached hydrogen (secondary N) is 2. The second kappa shape index (κ2) is 14.5. The Morgan fingerprint density at radius 3 is 2.38 bits per heavy atom. The van der Waals surface area contributed by atoms with E-state index in [-0.39, 0.29) is 42.4 Å². The van der Waals surface area contributed by atoms with Gasteiger partial charge in [-0.15, -0.1) is 29.9 Å². The van der Waals surface area contributed by atoms with Crippen molar-refractivity contribution in [3.63, 3.8) is 0 Å². The Hall–Kier alpha value is -3.05. The van der Waals surface area contributed by atoms with Crippen LogP contribution in [0.3, 0.4) is 0 Å². The number of hydrogen-bond acceptors (Lipinski definition) is 6. The van der Waals surface area contributed by atoms with Crippen molar-refractivity contribution in [1.82, 2.24) is 35.4 Å². The second-order valence-corrected chi connectivity index (χ2v) is 10.1. The first-order chi connectivity index (χ1) is 18.5. The topological polar surface area (TPSA) is 95.4 Å². The molecule has 0 unspecified atom stereocenters. The number of amides is 2. The number of carbonyl (C=O) groups is 2. The molecule has 1 aromatic heterocycles. The van der Waals surface area contributed by atoms with Gasteiger partial charge < -0.3 is 20.4 Å². The van der Waals surface area contributed by atoms with E-state index in [1.165, 1.54) is 12.1 Å². The summed E-state index contributed by atoms with van der Waals surface area (Å²) in [6.07, 6.45) is 5.65. The molecule has 5 rings (SSSR count). The molecule has 9 nitrogen and oxygen atoms in total. The van der Waals surface area contributed by atoms with Gasteiger partial charge in [0.2, 0.25) is 5.91 Å². The van der Waals surface area contributed by atoms with Crippen LogP contribution in [0.15, 0.2) is 60.9 Å². The van der Waals surface area contributed by atoms with E-state index >= 15 is 0 Å². The summed E-state index contributed by atoms with van der Waals surface area (Å²) in [4.78, 5) is 30.6. The lowest BCUT2D eigenvalue weighted by Crippen LogP contribution is -2.54. The molecule has 3 aromatic rings. The molecular formula is C28H36Cl2FN7O2. The van der Waals surface area contributed by atoms with Crippen LogP contribution in [0.2, 0.25) is 0 Å². The Kier molecular flexibility index (Phi) is 11.4. The molecule has 1 saturated heterocycles. The highest BCUT2D eigenvalue weighted by atomic mass is 35.5. The van der Waals surface area contributed by atoms with Crippen molar-refractivity contribution in [3.8, 4) is 5.69 Å². The molecule has 216 valence electrons. The van der Waals surface area contributed by atoms with Crippen molar-refractivity contribution in [2.45, 2.75) is 37.3 Å². The molecular weight excluding hydrogens is 556 g/mol. The maximum absolute atomic E-state index is 13.4. The molecule has 2 fully saturated rings. The lowest BCUT2D eigenvalue weighted by Gasteiger charge is -2.34.